The van der Waals surface area contributed by atoms with E-state index in [1.807, 2.05) is 97.4 Å². The Morgan fingerprint density at radius 3 is 1.13 bits per heavy atom. The molecule has 112 heavy (non-hydrogen) atoms. The summed E-state index contributed by atoms with van der Waals surface area (Å²) in [5.74, 6) is -1.68. The summed E-state index contributed by atoms with van der Waals surface area (Å²) >= 11 is 8.86. The van der Waals surface area contributed by atoms with Crippen LogP contribution in [0.2, 0.25) is 0 Å². The van der Waals surface area contributed by atoms with Crippen molar-refractivity contribution in [2.75, 3.05) is 42.7 Å². The van der Waals surface area contributed by atoms with Crippen LogP contribution in [0.3, 0.4) is 0 Å². The van der Waals surface area contributed by atoms with E-state index in [0.717, 1.165) is 108 Å². The van der Waals surface area contributed by atoms with Gasteiger partial charge in [-0.05, 0) is 175 Å². The molecule has 0 aliphatic rings. The molecule has 24 heteroatoms. The Kier molecular flexibility index (Phi) is 41.6. The van der Waals surface area contributed by atoms with E-state index in [9.17, 15) is 50.7 Å². The quantitative estimate of drug-likeness (QED) is 0.0104. The average Bonchev–Trinajstić information content (AvgIpc) is 1.78. The maximum absolute atomic E-state index is 13.1. The second-order valence-electron chi connectivity index (χ2n) is 24.4. The number of esters is 2. The number of carbonyl (C=O) groups excluding carboxylic acids is 6. The molecule has 0 saturated heterocycles. The minimum absolute atomic E-state index is 0.0469. The number of hydrogen-bond donors (Lipinski definition) is 4. The topological polar surface area (TPSA) is 236 Å². The summed E-state index contributed by atoms with van der Waals surface area (Å²) < 4.78 is 74.6. The minimum Gasteiger partial charge on any atom is -0.466 e. The van der Waals surface area contributed by atoms with Crippen molar-refractivity contribution in [1.29, 1.82) is 5.26 Å². The van der Waals surface area contributed by atoms with E-state index < -0.39 is 7.12 Å². The largest absolute Gasteiger partial charge is 0.488 e. The first-order chi connectivity index (χ1) is 53.8. The van der Waals surface area contributed by atoms with Gasteiger partial charge in [0.05, 0.1) is 41.8 Å². The van der Waals surface area contributed by atoms with E-state index in [4.69, 9.17) is 30.5 Å². The molecule has 0 fully saturated rings. The summed E-state index contributed by atoms with van der Waals surface area (Å²) in [7, 11) is -1.51. The average molecular weight is 1690 g/mol. The molecule has 5 N–H and O–H groups in total. The van der Waals surface area contributed by atoms with Crippen LogP contribution in [0.15, 0.2) is 253 Å². The fourth-order valence-electron chi connectivity index (χ4n) is 10.1. The molecule has 0 bridgehead atoms. The first-order valence-corrected chi connectivity index (χ1v) is 39.3. The number of ether oxygens (including phenoxy) is 2. The molecule has 10 aromatic carbocycles. The third-order valence-electron chi connectivity index (χ3n) is 16.2. The van der Waals surface area contributed by atoms with Gasteiger partial charge in [-0.25, -0.2) is 26.9 Å². The number of benzene rings is 10. The van der Waals surface area contributed by atoms with Crippen LogP contribution in [0, 0.1) is 51.6 Å². The van der Waals surface area contributed by atoms with Crippen molar-refractivity contribution in [3.8, 4) is 61.2 Å². The number of thiocyanates is 1. The van der Waals surface area contributed by atoms with Crippen molar-refractivity contribution in [1.82, 2.24) is 4.98 Å². The normalized spacial score (nSPS) is 10.7. The maximum atomic E-state index is 13.1. The molecular weight excluding hydrogens is 1600 g/mol. The number of anilines is 1. The summed E-state index contributed by atoms with van der Waals surface area (Å²) in [4.78, 5) is 72.7. The highest BCUT2D eigenvalue weighted by atomic mass is 79.9. The minimum atomic E-state index is -1.51. The van der Waals surface area contributed by atoms with Gasteiger partial charge in [-0.3, -0.25) is 28.8 Å². The molecule has 0 spiro atoms. The first kappa shape index (κ1) is 92.3. The van der Waals surface area contributed by atoms with E-state index in [1.165, 1.54) is 91.1 Å². The molecule has 1 aromatic heterocycles. The van der Waals surface area contributed by atoms with E-state index in [0.29, 0.717) is 53.8 Å². The molecule has 0 amide bonds. The number of hydrogen-bond acceptors (Lipinski definition) is 16. The van der Waals surface area contributed by atoms with Crippen LogP contribution in [-0.4, -0.2) is 94.6 Å². The lowest BCUT2D eigenvalue weighted by Gasteiger charge is -2.14. The van der Waals surface area contributed by atoms with Crippen LogP contribution < -0.4 is 16.5 Å². The van der Waals surface area contributed by atoms with Gasteiger partial charge in [-0.2, -0.15) is 5.26 Å². The van der Waals surface area contributed by atoms with Crippen molar-refractivity contribution in [3.63, 3.8) is 0 Å². The number of nitriles is 1. The van der Waals surface area contributed by atoms with Crippen molar-refractivity contribution in [2.45, 2.75) is 67.2 Å². The number of nitrogens with one attached hydrogen (secondary N) is 1. The number of carbonyl (C=O) groups is 6. The maximum Gasteiger partial charge on any atom is 0.488 e. The molecule has 2 unspecified atom stereocenters. The van der Waals surface area contributed by atoms with Crippen molar-refractivity contribution < 1.29 is 70.2 Å². The summed E-state index contributed by atoms with van der Waals surface area (Å²) in [5.41, 5.74) is 17.9. The Balaban J connectivity index is 0.000000242. The van der Waals surface area contributed by atoms with Gasteiger partial charge in [0.1, 0.15) is 34.5 Å². The number of thioether (sulfide) groups is 1. The summed E-state index contributed by atoms with van der Waals surface area (Å²) in [6.45, 7) is 12.6. The Morgan fingerprint density at radius 1 is 0.491 bits per heavy atom. The molecule has 11 aromatic rings. The van der Waals surface area contributed by atoms with Crippen molar-refractivity contribution in [3.05, 3.63) is 304 Å². The fraction of sp³-hybridized carbons (Fsp3) is 0.205. The third kappa shape index (κ3) is 32.9. The number of nitrogens with two attached hydrogens (primary N) is 1. The van der Waals surface area contributed by atoms with Crippen molar-refractivity contribution in [2.24, 2.45) is 17.6 Å². The zero-order valence-electron chi connectivity index (χ0n) is 62.6. The Bertz CT molecular complexity index is 4720. The third-order valence-corrected chi connectivity index (χ3v) is 18.6. The monoisotopic (exact) mass is 1690 g/mol. The van der Waals surface area contributed by atoms with Gasteiger partial charge in [-0.15, -0.1) is 11.3 Å². The van der Waals surface area contributed by atoms with Crippen LogP contribution in [0.4, 0.5) is 27.1 Å². The number of alkyl halides is 1. The van der Waals surface area contributed by atoms with Crippen LogP contribution in [0.5, 0.6) is 0 Å². The number of nitrogens with zero attached hydrogens (tertiary/aromatic N) is 2. The molecule has 14 nitrogen and oxygen atoms in total. The summed E-state index contributed by atoms with van der Waals surface area (Å²) in [5, 5.41) is 33.7. The first-order valence-electron chi connectivity index (χ1n) is 35.5. The highest BCUT2D eigenvalue weighted by molar-refractivity contribution is 9.10. The molecule has 2 atom stereocenters. The zero-order chi connectivity index (χ0) is 81.9. The predicted molar refractivity (Wildman–Crippen MR) is 447 cm³/mol. The highest BCUT2D eigenvalue weighted by Crippen LogP contribution is 2.30. The lowest BCUT2D eigenvalue weighted by molar-refractivity contribution is -0.148. The van der Waals surface area contributed by atoms with Gasteiger partial charge in [0.15, 0.2) is 28.3 Å². The predicted octanol–water partition coefficient (Wildman–Crippen LogP) is 20.7. The van der Waals surface area contributed by atoms with Crippen molar-refractivity contribution >= 4 is 108 Å². The second kappa shape index (κ2) is 50.5. The van der Waals surface area contributed by atoms with E-state index in [2.05, 4.69) is 49.1 Å². The highest BCUT2D eigenvalue weighted by Gasteiger charge is 2.20. The lowest BCUT2D eigenvalue weighted by Crippen LogP contribution is -2.29. The van der Waals surface area contributed by atoms with E-state index in [1.54, 1.807) is 111 Å². The zero-order valence-corrected chi connectivity index (χ0v) is 67.4. The number of rotatable bonds is 25. The molecule has 0 radical (unpaired) electrons. The Morgan fingerprint density at radius 2 is 0.804 bits per heavy atom. The van der Waals surface area contributed by atoms with Crippen LogP contribution in [0.1, 0.15) is 109 Å². The smallest absolute Gasteiger partial charge is 0.466 e. The molecule has 582 valence electrons. The molecule has 0 aliphatic carbocycles. The second-order valence-corrected chi connectivity index (χ2v) is 27.5. The molecule has 1 heterocycles. The van der Waals surface area contributed by atoms with Gasteiger partial charge in [0, 0.05) is 50.8 Å². The summed E-state index contributed by atoms with van der Waals surface area (Å²) in [6.07, 6.45) is 3.51. The fourth-order valence-corrected chi connectivity index (χ4v) is 11.8. The molecule has 11 rings (SSSR count). The van der Waals surface area contributed by atoms with Gasteiger partial charge >= 0.3 is 19.1 Å². The molecule has 0 saturated carbocycles. The molecule has 0 aliphatic heterocycles. The lowest BCUT2D eigenvalue weighted by atomic mass is 9.80. The number of Topliss-reactive ketones (excluding diaryl/α,β-unsaturated/α-hetero) is 4. The van der Waals surface area contributed by atoms with E-state index in [-0.39, 0.29) is 81.7 Å². The van der Waals surface area contributed by atoms with E-state index >= 15 is 0 Å². The SMILES string of the molecule is CC(=O)c1ccc(-c2ccc(F)cc2)cc1.CC(=O)c1ccc(Br)cc1.CCCC(CN)C(=O)OCC.CCCC(CNc1nc(-c2ccc(-c3ccc(F)cc3)cc2)cs1)C(=O)OCC.N#CSCC(=O)c1ccc(-c2ccc(F)cc2)cc1.O=C(CBr)c1ccc(-c2ccc(F)cc2)cc1.OB(O)c1ccc(F)cc1. The standard InChI is InChI=1S/C23H25FN2O2S.C15H10FNOS.C14H10BrFO.C14H11FO.C8H7BrO.C8H17NO2.C6H6BFO2/c1-3-5-19(22(27)28-4-2)14-25-23-26-21(15-29-23)18-8-6-16(7-9-18)17-10-12-20(24)13-11-17;16-14-7-5-12(6-8-14)11-1-3-13(4-2-11)15(18)9-19-10-17;15-9-14(17)12-3-1-10(2-4-12)11-5-7-13(16)8-6-11;1-10(16)11-2-4-12(5-3-11)13-6-8-14(15)9-7-13;1-6(10)7-2-4-8(9)5-3-7;1-3-5-7(6-9)8(10)11-4-2;8-6-3-1-5(2-4-6)7(9)10/h6-13,15,19H,3-5,14H2,1-2H3,(H,25,26);1-8H,9H2;1-8H,9H2;2-9H,1H3;2-5H,1H3;7H,3-6,9H2,1-2H3;1-4,9-10H. The van der Waals surface area contributed by atoms with Crippen LogP contribution >= 0.6 is 55.0 Å². The number of halogens is 7. The number of aromatic nitrogens is 1. The van der Waals surface area contributed by atoms with Gasteiger partial charge in [0.2, 0.25) is 0 Å². The Hall–Kier alpha value is -10.4. The van der Waals surface area contributed by atoms with Crippen LogP contribution in [0.25, 0.3) is 55.8 Å². The van der Waals surface area contributed by atoms with Gasteiger partial charge in [-0.1, -0.05) is 228 Å². The van der Waals surface area contributed by atoms with Crippen LogP contribution in [-0.2, 0) is 19.1 Å². The van der Waals surface area contributed by atoms with Gasteiger partial charge in [0.25, 0.3) is 0 Å². The number of ketones is 4. The molecular formula is C88H86BBr2F5N4O10S2. The number of thiazole rings is 1. The summed E-state index contributed by atoms with van der Waals surface area (Å²) in [6, 6.07) is 67.2. The Labute approximate surface area is 676 Å². The van der Waals surface area contributed by atoms with Gasteiger partial charge < -0.3 is 30.6 Å².